The molecule has 4 N–H and O–H groups in total. The Hall–Kier alpha value is -1.23. The van der Waals surface area contributed by atoms with Gasteiger partial charge in [-0.25, -0.2) is 4.79 Å². The second kappa shape index (κ2) is 2.93. The largest absolute Gasteiger partial charge is 0.481 e. The summed E-state index contributed by atoms with van der Waals surface area (Å²) in [6.07, 6.45) is -1.46. The first-order valence-electron chi connectivity index (χ1n) is 2.04. The lowest BCUT2D eigenvalue weighted by Crippen LogP contribution is -2.16. The van der Waals surface area contributed by atoms with Crippen LogP contribution in [0.2, 0.25) is 0 Å². The molecule has 0 fully saturated rings. The molecule has 0 aliphatic carbocycles. The zero-order valence-corrected chi connectivity index (χ0v) is 4.35. The molecular weight excluding hydrogens is 128 g/mol. The molecule has 5 nitrogen and oxygen atoms in total. The Morgan fingerprint density at radius 2 is 1.78 bits per heavy atom. The first kappa shape index (κ1) is 7.77. The maximum absolute atomic E-state index is 9.72. The predicted octanol–water partition coefficient (Wildman–Crippen LogP) is -0.611. The first-order chi connectivity index (χ1) is 4.04. The standard InChI is InChI=1S/C4H6O5/c5-2(4(8)9)1-3(6)7/h1-2,5-7H,(H,8,9)/t2-/m1/s1. The van der Waals surface area contributed by atoms with E-state index in [2.05, 4.69) is 0 Å². The van der Waals surface area contributed by atoms with Crippen LogP contribution < -0.4 is 0 Å². The Bertz CT molecular complexity index is 134. The molecule has 0 aromatic rings. The van der Waals surface area contributed by atoms with Crippen molar-refractivity contribution >= 4 is 5.97 Å². The number of hydrogen-bond acceptors (Lipinski definition) is 4. The Balaban J connectivity index is 3.91. The summed E-state index contributed by atoms with van der Waals surface area (Å²) in [4.78, 5) is 9.72. The smallest absolute Gasteiger partial charge is 0.336 e. The minimum absolute atomic E-state index is 0.391. The molecule has 1 atom stereocenters. The molecule has 52 valence electrons. The lowest BCUT2D eigenvalue weighted by atomic mass is 10.3. The molecule has 0 amide bonds. The predicted molar refractivity (Wildman–Crippen MR) is 27.0 cm³/mol. The van der Waals surface area contributed by atoms with E-state index in [1.807, 2.05) is 0 Å². The van der Waals surface area contributed by atoms with Crippen molar-refractivity contribution in [3.8, 4) is 0 Å². The SMILES string of the molecule is O=C(O)[C@H](O)C=C(O)O. The average Bonchev–Trinajstić information content (AvgIpc) is 1.63. The van der Waals surface area contributed by atoms with Crippen LogP contribution in [0.1, 0.15) is 0 Å². The highest BCUT2D eigenvalue weighted by molar-refractivity contribution is 5.74. The zero-order valence-electron chi connectivity index (χ0n) is 4.35. The summed E-state index contributed by atoms with van der Waals surface area (Å²) in [6.45, 7) is 0. The van der Waals surface area contributed by atoms with Crippen molar-refractivity contribution in [1.29, 1.82) is 0 Å². The monoisotopic (exact) mass is 134 g/mol. The third-order valence-corrected chi connectivity index (χ3v) is 0.560. The Labute approximate surface area is 50.5 Å². The first-order valence-corrected chi connectivity index (χ1v) is 2.04. The van der Waals surface area contributed by atoms with Crippen molar-refractivity contribution in [3.05, 3.63) is 12.0 Å². The summed E-state index contributed by atoms with van der Waals surface area (Å²) in [5.74, 6) is -2.74. The molecule has 0 saturated carbocycles. The number of aliphatic hydroxyl groups is 3. The fourth-order valence-electron chi connectivity index (χ4n) is 0.212. The van der Waals surface area contributed by atoms with Gasteiger partial charge in [-0.1, -0.05) is 0 Å². The molecule has 0 aromatic heterocycles. The maximum atomic E-state index is 9.72. The quantitative estimate of drug-likeness (QED) is 0.377. The van der Waals surface area contributed by atoms with Crippen LogP contribution in [0.5, 0.6) is 0 Å². The number of rotatable bonds is 2. The maximum Gasteiger partial charge on any atom is 0.336 e. The molecule has 0 unspecified atom stereocenters. The summed E-state index contributed by atoms with van der Waals surface area (Å²) < 4.78 is 0. The minimum Gasteiger partial charge on any atom is -0.481 e. The number of carbonyl (C=O) groups is 1. The summed E-state index contributed by atoms with van der Waals surface area (Å²) in [7, 11) is 0. The van der Waals surface area contributed by atoms with Gasteiger partial charge in [0.2, 0.25) is 0 Å². The van der Waals surface area contributed by atoms with Gasteiger partial charge in [0.25, 0.3) is 5.95 Å². The average molecular weight is 134 g/mol. The Morgan fingerprint density at radius 1 is 1.33 bits per heavy atom. The molecule has 0 saturated heterocycles. The van der Waals surface area contributed by atoms with Crippen LogP contribution in [-0.4, -0.2) is 32.5 Å². The highest BCUT2D eigenvalue weighted by Gasteiger charge is 2.09. The minimum atomic E-state index is -1.85. The molecule has 0 aromatic carbocycles. The van der Waals surface area contributed by atoms with Crippen molar-refractivity contribution in [2.45, 2.75) is 6.10 Å². The van der Waals surface area contributed by atoms with Gasteiger partial charge in [-0.3, -0.25) is 0 Å². The summed E-state index contributed by atoms with van der Waals surface area (Å²) >= 11 is 0. The van der Waals surface area contributed by atoms with Gasteiger partial charge in [0, 0.05) is 6.08 Å². The topological polar surface area (TPSA) is 98.0 Å². The van der Waals surface area contributed by atoms with Crippen LogP contribution >= 0.6 is 0 Å². The van der Waals surface area contributed by atoms with Crippen LogP contribution in [0.4, 0.5) is 0 Å². The molecule has 0 aliphatic heterocycles. The highest BCUT2D eigenvalue weighted by Crippen LogP contribution is 1.88. The number of aliphatic hydroxyl groups excluding tert-OH is 2. The van der Waals surface area contributed by atoms with Crippen LogP contribution in [-0.2, 0) is 4.79 Å². The summed E-state index contributed by atoms with van der Waals surface area (Å²) in [5.41, 5.74) is 0. The van der Waals surface area contributed by atoms with E-state index in [1.165, 1.54) is 0 Å². The Kier molecular flexibility index (Phi) is 2.53. The van der Waals surface area contributed by atoms with Crippen LogP contribution in [0.3, 0.4) is 0 Å². The van der Waals surface area contributed by atoms with Gasteiger partial charge in [0.15, 0.2) is 6.10 Å². The molecule has 0 radical (unpaired) electrons. The molecule has 0 bridgehead atoms. The lowest BCUT2D eigenvalue weighted by molar-refractivity contribution is -0.144. The third kappa shape index (κ3) is 3.36. The van der Waals surface area contributed by atoms with E-state index in [0.29, 0.717) is 6.08 Å². The normalized spacial score (nSPS) is 12.1. The number of carboxylic acid groups (broad SMARTS) is 1. The van der Waals surface area contributed by atoms with E-state index in [-0.39, 0.29) is 0 Å². The summed E-state index contributed by atoms with van der Waals surface area (Å²) in [5, 5.41) is 32.1. The number of hydrogen-bond donors (Lipinski definition) is 4. The van der Waals surface area contributed by atoms with Gasteiger partial charge < -0.3 is 20.4 Å². The van der Waals surface area contributed by atoms with Gasteiger partial charge in [-0.15, -0.1) is 0 Å². The van der Waals surface area contributed by atoms with E-state index >= 15 is 0 Å². The van der Waals surface area contributed by atoms with E-state index in [0.717, 1.165) is 0 Å². The van der Waals surface area contributed by atoms with E-state index in [4.69, 9.17) is 20.4 Å². The third-order valence-electron chi connectivity index (χ3n) is 0.560. The van der Waals surface area contributed by atoms with Gasteiger partial charge >= 0.3 is 5.97 Å². The van der Waals surface area contributed by atoms with Crippen LogP contribution in [0.25, 0.3) is 0 Å². The Morgan fingerprint density at radius 3 is 1.89 bits per heavy atom. The summed E-state index contributed by atoms with van der Waals surface area (Å²) in [6, 6.07) is 0. The molecular formula is C4H6O5. The van der Waals surface area contributed by atoms with Crippen molar-refractivity contribution in [2.24, 2.45) is 0 Å². The van der Waals surface area contributed by atoms with Crippen LogP contribution in [0, 0.1) is 0 Å². The molecule has 0 aliphatic rings. The highest BCUT2D eigenvalue weighted by atomic mass is 16.5. The van der Waals surface area contributed by atoms with Crippen LogP contribution in [0.15, 0.2) is 12.0 Å². The van der Waals surface area contributed by atoms with E-state index in [1.54, 1.807) is 0 Å². The van der Waals surface area contributed by atoms with Gasteiger partial charge in [-0.2, -0.15) is 0 Å². The fourth-order valence-corrected chi connectivity index (χ4v) is 0.212. The second-order valence-corrected chi connectivity index (χ2v) is 1.31. The molecule has 5 heteroatoms. The van der Waals surface area contributed by atoms with Gasteiger partial charge in [0.05, 0.1) is 0 Å². The lowest BCUT2D eigenvalue weighted by Gasteiger charge is -1.94. The number of aliphatic carboxylic acids is 1. The van der Waals surface area contributed by atoms with Crippen molar-refractivity contribution in [1.82, 2.24) is 0 Å². The van der Waals surface area contributed by atoms with Crippen molar-refractivity contribution in [2.75, 3.05) is 0 Å². The van der Waals surface area contributed by atoms with Crippen molar-refractivity contribution in [3.63, 3.8) is 0 Å². The molecule has 0 heterocycles. The molecule has 9 heavy (non-hydrogen) atoms. The van der Waals surface area contributed by atoms with Gasteiger partial charge in [0.1, 0.15) is 0 Å². The number of carboxylic acids is 1. The molecule has 0 rings (SSSR count). The fraction of sp³-hybridized carbons (Fsp3) is 0.250. The van der Waals surface area contributed by atoms with E-state index in [9.17, 15) is 4.79 Å². The second-order valence-electron chi connectivity index (χ2n) is 1.31. The van der Waals surface area contributed by atoms with E-state index < -0.39 is 18.0 Å². The van der Waals surface area contributed by atoms with Crippen molar-refractivity contribution < 1.29 is 25.2 Å². The van der Waals surface area contributed by atoms with Gasteiger partial charge in [-0.05, 0) is 0 Å². The molecule has 0 spiro atoms. The zero-order chi connectivity index (χ0) is 7.44.